The van der Waals surface area contributed by atoms with E-state index in [1.54, 1.807) is 26.2 Å². The number of phenols is 4. The summed E-state index contributed by atoms with van der Waals surface area (Å²) in [4.78, 5) is 191. The van der Waals surface area contributed by atoms with E-state index in [4.69, 9.17) is 5.73 Å². The van der Waals surface area contributed by atoms with E-state index in [9.17, 15) is 103 Å². The van der Waals surface area contributed by atoms with Crippen molar-refractivity contribution in [3.8, 4) is 45.3 Å². The number of aliphatic hydroxyl groups is 2. The van der Waals surface area contributed by atoms with E-state index in [-0.39, 0.29) is 126 Å². The van der Waals surface area contributed by atoms with Gasteiger partial charge in [-0.05, 0) is 104 Å². The number of hydrogen-bond acceptors (Lipinski definition) is 22. The molecule has 32 nitrogen and oxygen atoms in total. The molecule has 746 valence electrons. The van der Waals surface area contributed by atoms with Crippen molar-refractivity contribution in [2.24, 2.45) is 17.6 Å². The van der Waals surface area contributed by atoms with Gasteiger partial charge in [0, 0.05) is 147 Å². The van der Waals surface area contributed by atoms with Gasteiger partial charge in [0.1, 0.15) is 59.2 Å². The van der Waals surface area contributed by atoms with Gasteiger partial charge >= 0.3 is 5.97 Å². The van der Waals surface area contributed by atoms with Gasteiger partial charge in [0.25, 0.3) is 0 Å². The molecule has 9 amide bonds. The van der Waals surface area contributed by atoms with Crippen LogP contribution >= 0.6 is 0 Å². The SMILES string of the molecule is CCCCCCCCCCCCCCCC(=O)N(C)[C@H](CO)C(=O)N[C@H](C)C(=O)CCC(=O)N(C)[C@@H]1C(=O)C[C@@H](C)C(=O)N[C@H](C(=O)NCCC)Cc2ccc(O)c(c2)-c2cc1ccc2O.CCCCCCCCCCCCCCCC(=O)N(C)[C@H](CO)C(=O)N[C@H](C)C(=O)CCC(=O)N(C)[C@@H]1C(=O)C[C@@H](C)C(=O)N[C@H](C(=O)O)Cc2ccc(O)c(c2)-c2cc1ccc2O.COCCN. The number of hydrogen-bond donors (Lipinski definition) is 13. The second kappa shape index (κ2) is 62.8. The van der Waals surface area contributed by atoms with Crippen molar-refractivity contribution in [1.82, 2.24) is 46.2 Å². The van der Waals surface area contributed by atoms with Gasteiger partial charge in [-0.15, -0.1) is 0 Å². The maximum atomic E-state index is 14.2. The molecule has 4 aromatic rings. The lowest BCUT2D eigenvalue weighted by Crippen LogP contribution is -2.53. The predicted molar refractivity (Wildman–Crippen MR) is 514 cm³/mol. The first-order chi connectivity index (χ1) is 63.9. The topological polar surface area (TPSA) is 489 Å². The monoisotopic (exact) mass is 1870 g/mol. The number of phenolic OH excluding ortho intramolecular Hbond substituents is 4. The Bertz CT molecular complexity index is 4420. The second-order valence-electron chi connectivity index (χ2n) is 35.9. The number of aliphatic carboxylic acids is 1. The van der Waals surface area contributed by atoms with Crippen molar-refractivity contribution in [3.63, 3.8) is 0 Å². The van der Waals surface area contributed by atoms with E-state index < -0.39 is 150 Å². The maximum Gasteiger partial charge on any atom is 0.326 e. The molecule has 2 aliphatic heterocycles. The number of fused-ring (bicyclic) bond motifs is 10. The Balaban J connectivity index is 0.000000533. The molecule has 0 saturated carbocycles. The highest BCUT2D eigenvalue weighted by Gasteiger charge is 2.38. The molecule has 4 aromatic carbocycles. The molecule has 10 atom stereocenters. The lowest BCUT2D eigenvalue weighted by molar-refractivity contribution is -0.143. The summed E-state index contributed by atoms with van der Waals surface area (Å²) in [7, 11) is 7.27. The van der Waals surface area contributed by atoms with Crippen LogP contribution in [0.4, 0.5) is 0 Å². The highest BCUT2D eigenvalue weighted by atomic mass is 16.5. The standard InChI is InChI=1S/C51H77N5O10.C48H70N4O11.C3H9NO/c1-7-9-10-11-12-13-14-15-16-17-18-19-20-21-46(62)55(5)41(33-57)51(66)53-35(4)42(58)26-27-47(63)56(6)48-37-23-25-44(60)39(32-37)38-30-36(22-24-43(38)59)31-40(50(65)52-28-8-2)54-49(64)34(3)29-45(48)61;1-6-7-8-9-10-11-12-13-14-15-16-17-18-19-43(58)51(4)38(30-53)47(61)49-32(3)39(54)24-25-44(59)52(5)45-34-21-23-41(56)36(29-34)35-27-33(20-22-40(35)55)28-37(48(62)63)50-46(60)31(2)26-42(45)57;1-5-3-2-4/h22-25,30,32,34-35,40-41,48,57,59-60H,7-21,26-29,31,33H2,1-6H3,(H,52,65)(H,53,66)(H,54,64);20-23,27,29,31-32,37-38,45,53,55-56H,6-19,24-26,28,30H2,1-5H3,(H,49,61)(H,50,60)(H,62,63);2-4H2,1H3/t34-,35-,40+,41-,48+;31-,32-,37+,38-,45+;/m11./s1. The highest BCUT2D eigenvalue weighted by Crippen LogP contribution is 2.42. The summed E-state index contributed by atoms with van der Waals surface area (Å²) >= 11 is 0. The van der Waals surface area contributed by atoms with Crippen LogP contribution in [0.15, 0.2) is 72.8 Å². The number of nitrogens with one attached hydrogen (secondary N) is 5. The third-order valence-corrected chi connectivity index (χ3v) is 25.0. The van der Waals surface area contributed by atoms with Gasteiger partial charge in [-0.2, -0.15) is 0 Å². The number of unbranched alkanes of at least 4 members (excludes halogenated alkanes) is 24. The molecule has 6 rings (SSSR count). The van der Waals surface area contributed by atoms with E-state index in [0.29, 0.717) is 50.1 Å². The predicted octanol–water partition coefficient (Wildman–Crippen LogP) is 12.3. The van der Waals surface area contributed by atoms with E-state index in [1.165, 1.54) is 240 Å². The van der Waals surface area contributed by atoms with Crippen LogP contribution in [-0.4, -0.2) is 242 Å². The van der Waals surface area contributed by atoms with Crippen molar-refractivity contribution in [1.29, 1.82) is 0 Å². The summed E-state index contributed by atoms with van der Waals surface area (Å²) in [6.07, 6.45) is 29.4. The van der Waals surface area contributed by atoms with Crippen LogP contribution in [0.2, 0.25) is 0 Å². The molecule has 0 fully saturated rings. The van der Waals surface area contributed by atoms with Crippen molar-refractivity contribution < 1.29 is 108 Å². The van der Waals surface area contributed by atoms with Gasteiger partial charge in [0.05, 0.1) is 31.9 Å². The van der Waals surface area contributed by atoms with Gasteiger partial charge in [-0.25, -0.2) is 4.79 Å². The van der Waals surface area contributed by atoms with Gasteiger partial charge in [-0.3, -0.25) is 62.3 Å². The molecule has 0 aromatic heterocycles. The van der Waals surface area contributed by atoms with Gasteiger partial charge in [0.2, 0.25) is 53.2 Å². The number of Topliss-reactive ketones (excluding diaryl/α,β-unsaturated/α-hetero) is 4. The number of carboxylic acids is 1. The van der Waals surface area contributed by atoms with Crippen molar-refractivity contribution in [3.05, 3.63) is 95.1 Å². The van der Waals surface area contributed by atoms with Gasteiger partial charge in [0.15, 0.2) is 23.1 Å². The lowest BCUT2D eigenvalue weighted by Gasteiger charge is -2.30. The first-order valence-corrected chi connectivity index (χ1v) is 48.5. The molecule has 0 spiro atoms. The Kier molecular flexibility index (Phi) is 54.2. The number of aromatic hydroxyl groups is 4. The maximum absolute atomic E-state index is 14.2. The van der Waals surface area contributed by atoms with Crippen molar-refractivity contribution in [2.75, 3.05) is 68.2 Å². The number of aliphatic hydroxyl groups excluding tert-OH is 2. The number of methoxy groups -OCH3 is 1. The van der Waals surface area contributed by atoms with Gasteiger partial charge < -0.3 is 92.4 Å². The largest absolute Gasteiger partial charge is 0.507 e. The Morgan fingerprint density at radius 1 is 0.433 bits per heavy atom. The summed E-state index contributed by atoms with van der Waals surface area (Å²) in [6.45, 7) is 12.6. The fourth-order valence-corrected chi connectivity index (χ4v) is 16.4. The first-order valence-electron chi connectivity index (χ1n) is 48.5. The molecule has 0 saturated heterocycles. The molecule has 0 unspecified atom stereocenters. The molecule has 0 aliphatic carbocycles. The second-order valence-corrected chi connectivity index (χ2v) is 35.9. The molecular weight excluding hydrogens is 1720 g/mol. The van der Waals surface area contributed by atoms with Crippen LogP contribution < -0.4 is 32.3 Å². The smallest absolute Gasteiger partial charge is 0.326 e. The zero-order valence-electron chi connectivity index (χ0n) is 81.5. The van der Waals surface area contributed by atoms with Crippen LogP contribution in [0.25, 0.3) is 22.3 Å². The quantitative estimate of drug-likeness (QED) is 0.0183. The van der Waals surface area contributed by atoms with Gasteiger partial charge in [-0.1, -0.05) is 213 Å². The molecule has 8 bridgehead atoms. The normalized spacial score (nSPS) is 17.0. The molecule has 134 heavy (non-hydrogen) atoms. The third-order valence-electron chi connectivity index (χ3n) is 25.0. The zero-order valence-corrected chi connectivity index (χ0v) is 81.5. The number of carbonyl (C=O) groups is 14. The number of ketones is 4. The van der Waals surface area contributed by atoms with E-state index in [1.807, 2.05) is 6.92 Å². The number of carbonyl (C=O) groups excluding carboxylic acids is 13. The molecule has 2 heterocycles. The summed E-state index contributed by atoms with van der Waals surface area (Å²) < 4.78 is 4.57. The summed E-state index contributed by atoms with van der Waals surface area (Å²) in [6, 6.07) is 7.83. The number of nitrogens with two attached hydrogens (primary N) is 1. The summed E-state index contributed by atoms with van der Waals surface area (Å²) in [5.74, 6) is -11.2. The number of nitrogens with zero attached hydrogens (tertiary/aromatic N) is 4. The van der Waals surface area contributed by atoms with E-state index in [2.05, 4.69) is 45.2 Å². The average Bonchev–Trinajstić information content (AvgIpc) is 0.788. The minimum Gasteiger partial charge on any atom is -0.507 e. The van der Waals surface area contributed by atoms with Crippen LogP contribution in [-0.2, 0) is 84.7 Å². The minimum atomic E-state index is -1.36. The van der Waals surface area contributed by atoms with Crippen LogP contribution in [0.1, 0.15) is 308 Å². The Labute approximate surface area is 792 Å². The van der Waals surface area contributed by atoms with E-state index in [0.717, 1.165) is 43.4 Å². The molecule has 0 radical (unpaired) electrons. The minimum absolute atomic E-state index is 0.0644. The van der Waals surface area contributed by atoms with Crippen molar-refractivity contribution >= 4 is 82.3 Å². The van der Waals surface area contributed by atoms with Crippen molar-refractivity contribution in [2.45, 2.75) is 334 Å². The third kappa shape index (κ3) is 39.3. The number of ether oxygens (including phenoxy) is 1. The highest BCUT2D eigenvalue weighted by molar-refractivity contribution is 5.99. The van der Waals surface area contributed by atoms with Crippen LogP contribution in [0, 0.1) is 11.8 Å². The Hall–Kier alpha value is -10.7. The number of amides is 9. The fraction of sp³-hybridized carbons (Fsp3) is 0.627. The Morgan fingerprint density at radius 3 is 1.07 bits per heavy atom. The Morgan fingerprint density at radius 2 is 0.754 bits per heavy atom. The summed E-state index contributed by atoms with van der Waals surface area (Å²) in [5, 5.41) is 86.7. The summed E-state index contributed by atoms with van der Waals surface area (Å²) in [5.41, 5.74) is 7.17. The lowest BCUT2D eigenvalue weighted by atomic mass is 9.89. The van der Waals surface area contributed by atoms with E-state index >= 15 is 0 Å². The average molecular weight is 1870 g/mol. The molecule has 32 heteroatoms. The molecular formula is C102H156N10O22. The number of carboxylic acid groups (broad SMARTS) is 1. The fourth-order valence-electron chi connectivity index (χ4n) is 16.4. The number of benzene rings is 4. The van der Waals surface area contributed by atoms with Crippen LogP contribution in [0.3, 0.4) is 0 Å². The number of rotatable bonds is 52. The number of likely N-dealkylation sites (N-methyl/N-ethyl adjacent to an activating group) is 4. The zero-order chi connectivity index (χ0) is 99.5. The molecule has 2 aliphatic rings. The molecule has 14 N–H and O–H groups in total. The van der Waals surface area contributed by atoms with Crippen LogP contribution in [0.5, 0.6) is 23.0 Å². The first kappa shape index (κ1) is 116.